The van der Waals surface area contributed by atoms with Crippen LogP contribution in [0.3, 0.4) is 0 Å². The van der Waals surface area contributed by atoms with Crippen LogP contribution in [0.2, 0.25) is 5.02 Å². The van der Waals surface area contributed by atoms with E-state index in [0.717, 1.165) is 31.1 Å². The predicted molar refractivity (Wildman–Crippen MR) is 110 cm³/mol. The molecule has 2 heterocycles. The number of carbonyl (C=O) groups is 1. The Morgan fingerprint density at radius 1 is 1.37 bits per heavy atom. The van der Waals surface area contributed by atoms with E-state index in [1.54, 1.807) is 0 Å². The maximum absolute atomic E-state index is 12.5. The Bertz CT molecular complexity index is 801. The number of nitrogens with one attached hydrogen (secondary N) is 1. The van der Waals surface area contributed by atoms with Crippen LogP contribution in [-0.4, -0.2) is 40.1 Å². The van der Waals surface area contributed by atoms with Crippen LogP contribution in [0.4, 0.5) is 0 Å². The van der Waals surface area contributed by atoms with Gasteiger partial charge in [-0.05, 0) is 42.7 Å². The van der Waals surface area contributed by atoms with Crippen LogP contribution in [0.5, 0.6) is 0 Å². The third-order valence-corrected chi connectivity index (χ3v) is 5.65. The molecule has 0 bridgehead atoms. The number of nitrogens with zero attached hydrogens (tertiary/aromatic N) is 3. The predicted octanol–water partition coefficient (Wildman–Crippen LogP) is 4.01. The van der Waals surface area contributed by atoms with Gasteiger partial charge < -0.3 is 5.32 Å². The quantitative estimate of drug-likeness (QED) is 0.582. The first kappa shape index (κ1) is 20.1. The van der Waals surface area contributed by atoms with E-state index in [4.69, 9.17) is 11.6 Å². The Labute approximate surface area is 169 Å². The standard InChI is InChI=1S/C20H25ClN4OS/c1-14-6-5-9-25(12-14)13-16-8-4-3-7-15(16)10-22-19(26)18-17(21)11-23-20(24-18)27-2/h3-4,7-8,11,14H,5-6,9-10,12-13H2,1-2H3,(H,22,26). The Morgan fingerprint density at radius 3 is 2.89 bits per heavy atom. The van der Waals surface area contributed by atoms with Crippen LogP contribution in [0.15, 0.2) is 35.6 Å². The highest BCUT2D eigenvalue weighted by Crippen LogP contribution is 2.20. The van der Waals surface area contributed by atoms with E-state index in [0.29, 0.717) is 11.7 Å². The molecule has 1 N–H and O–H groups in total. The molecular formula is C20H25ClN4OS. The van der Waals surface area contributed by atoms with E-state index in [9.17, 15) is 4.79 Å². The molecule has 2 aromatic rings. The first-order valence-corrected chi connectivity index (χ1v) is 10.8. The maximum Gasteiger partial charge on any atom is 0.271 e. The number of carbonyl (C=O) groups excluding carboxylic acids is 1. The molecule has 1 aliphatic heterocycles. The smallest absolute Gasteiger partial charge is 0.271 e. The van der Waals surface area contributed by atoms with E-state index >= 15 is 0 Å². The molecule has 1 fully saturated rings. The molecule has 1 atom stereocenters. The second-order valence-corrected chi connectivity index (χ2v) is 8.17. The number of thioether (sulfide) groups is 1. The SMILES string of the molecule is CSc1ncc(Cl)c(C(=O)NCc2ccccc2CN2CCCC(C)C2)n1. The van der Waals surface area contributed by atoms with Crippen LogP contribution >= 0.6 is 23.4 Å². The van der Waals surface area contributed by atoms with Gasteiger partial charge in [-0.3, -0.25) is 9.69 Å². The largest absolute Gasteiger partial charge is 0.347 e. The first-order valence-electron chi connectivity index (χ1n) is 9.20. The highest BCUT2D eigenvalue weighted by Gasteiger charge is 2.18. The molecule has 0 saturated carbocycles. The van der Waals surface area contributed by atoms with Crippen molar-refractivity contribution in [1.29, 1.82) is 0 Å². The van der Waals surface area contributed by atoms with Crippen LogP contribution < -0.4 is 5.32 Å². The molecule has 1 saturated heterocycles. The third kappa shape index (κ3) is 5.43. The normalized spacial score (nSPS) is 17.7. The van der Waals surface area contributed by atoms with Gasteiger partial charge in [0.05, 0.1) is 11.2 Å². The zero-order chi connectivity index (χ0) is 19.2. The third-order valence-electron chi connectivity index (χ3n) is 4.81. The molecule has 7 heteroatoms. The molecule has 27 heavy (non-hydrogen) atoms. The zero-order valence-electron chi connectivity index (χ0n) is 15.7. The maximum atomic E-state index is 12.5. The minimum Gasteiger partial charge on any atom is -0.347 e. The summed E-state index contributed by atoms with van der Waals surface area (Å²) in [4.78, 5) is 23.4. The molecule has 5 nitrogen and oxygen atoms in total. The Kier molecular flexibility index (Phi) is 7.10. The van der Waals surface area contributed by atoms with Gasteiger partial charge in [0, 0.05) is 19.6 Å². The second kappa shape index (κ2) is 9.53. The monoisotopic (exact) mass is 404 g/mol. The zero-order valence-corrected chi connectivity index (χ0v) is 17.3. The van der Waals surface area contributed by atoms with E-state index in [1.165, 1.54) is 36.4 Å². The summed E-state index contributed by atoms with van der Waals surface area (Å²) < 4.78 is 0. The molecule has 0 spiro atoms. The summed E-state index contributed by atoms with van der Waals surface area (Å²) in [6.45, 7) is 5.95. The van der Waals surface area contributed by atoms with Gasteiger partial charge in [-0.1, -0.05) is 54.6 Å². The average molecular weight is 405 g/mol. The Hall–Kier alpha value is -1.63. The summed E-state index contributed by atoms with van der Waals surface area (Å²) in [5.74, 6) is 0.468. The van der Waals surface area contributed by atoms with Crippen LogP contribution in [-0.2, 0) is 13.1 Å². The van der Waals surface area contributed by atoms with Gasteiger partial charge in [0.25, 0.3) is 5.91 Å². The molecule has 1 amide bonds. The number of aromatic nitrogens is 2. The van der Waals surface area contributed by atoms with Crippen molar-refractivity contribution in [2.45, 2.75) is 38.0 Å². The number of hydrogen-bond donors (Lipinski definition) is 1. The summed E-state index contributed by atoms with van der Waals surface area (Å²) >= 11 is 7.48. The van der Waals surface area contributed by atoms with Crippen molar-refractivity contribution in [3.05, 3.63) is 52.3 Å². The molecule has 3 rings (SSSR count). The topological polar surface area (TPSA) is 58.1 Å². The van der Waals surface area contributed by atoms with Gasteiger partial charge in [0.15, 0.2) is 10.9 Å². The number of halogens is 1. The summed E-state index contributed by atoms with van der Waals surface area (Å²) in [5, 5.41) is 3.75. The van der Waals surface area contributed by atoms with Crippen molar-refractivity contribution in [3.63, 3.8) is 0 Å². The molecule has 1 aromatic carbocycles. The number of likely N-dealkylation sites (tertiary alicyclic amines) is 1. The van der Waals surface area contributed by atoms with Crippen molar-refractivity contribution in [2.24, 2.45) is 5.92 Å². The lowest BCUT2D eigenvalue weighted by Crippen LogP contribution is -2.34. The van der Waals surface area contributed by atoms with Crippen LogP contribution in [0, 0.1) is 5.92 Å². The lowest BCUT2D eigenvalue weighted by molar-refractivity contribution is 0.0945. The molecule has 1 aliphatic rings. The number of hydrogen-bond acceptors (Lipinski definition) is 5. The highest BCUT2D eigenvalue weighted by molar-refractivity contribution is 7.98. The average Bonchev–Trinajstić information content (AvgIpc) is 2.67. The Morgan fingerprint density at radius 2 is 2.15 bits per heavy atom. The van der Waals surface area contributed by atoms with Gasteiger partial charge in [-0.15, -0.1) is 0 Å². The fourth-order valence-corrected chi connectivity index (χ4v) is 3.94. The van der Waals surface area contributed by atoms with Crippen LogP contribution in [0.25, 0.3) is 0 Å². The highest BCUT2D eigenvalue weighted by atomic mass is 35.5. The fraction of sp³-hybridized carbons (Fsp3) is 0.450. The minimum atomic E-state index is -0.279. The summed E-state index contributed by atoms with van der Waals surface area (Å²) in [6, 6.07) is 8.27. The molecule has 0 radical (unpaired) electrons. The molecular weight excluding hydrogens is 380 g/mol. The van der Waals surface area contributed by atoms with Gasteiger partial charge in [0.2, 0.25) is 0 Å². The molecule has 1 unspecified atom stereocenters. The van der Waals surface area contributed by atoms with Crippen molar-refractivity contribution in [3.8, 4) is 0 Å². The van der Waals surface area contributed by atoms with Crippen molar-refractivity contribution in [1.82, 2.24) is 20.2 Å². The van der Waals surface area contributed by atoms with Gasteiger partial charge in [-0.25, -0.2) is 9.97 Å². The van der Waals surface area contributed by atoms with Crippen molar-refractivity contribution in [2.75, 3.05) is 19.3 Å². The van der Waals surface area contributed by atoms with E-state index in [2.05, 4.69) is 45.3 Å². The molecule has 1 aromatic heterocycles. The lowest BCUT2D eigenvalue weighted by Gasteiger charge is -2.31. The molecule has 144 valence electrons. The second-order valence-electron chi connectivity index (χ2n) is 6.99. The van der Waals surface area contributed by atoms with Gasteiger partial charge >= 0.3 is 0 Å². The number of piperidine rings is 1. The summed E-state index contributed by atoms with van der Waals surface area (Å²) in [5.41, 5.74) is 2.60. The number of benzene rings is 1. The van der Waals surface area contributed by atoms with Gasteiger partial charge in [0.1, 0.15) is 0 Å². The first-order chi connectivity index (χ1) is 13.1. The summed E-state index contributed by atoms with van der Waals surface area (Å²) in [6.07, 6.45) is 5.90. The van der Waals surface area contributed by atoms with Crippen molar-refractivity contribution < 1.29 is 4.79 Å². The van der Waals surface area contributed by atoms with Crippen LogP contribution in [0.1, 0.15) is 41.4 Å². The van der Waals surface area contributed by atoms with E-state index < -0.39 is 0 Å². The number of amides is 1. The Balaban J connectivity index is 1.67. The van der Waals surface area contributed by atoms with Crippen molar-refractivity contribution >= 4 is 29.3 Å². The lowest BCUT2D eigenvalue weighted by atomic mass is 9.99. The minimum absolute atomic E-state index is 0.221. The fourth-order valence-electron chi connectivity index (χ4n) is 3.42. The molecule has 0 aliphatic carbocycles. The van der Waals surface area contributed by atoms with Gasteiger partial charge in [-0.2, -0.15) is 0 Å². The summed E-state index contributed by atoms with van der Waals surface area (Å²) in [7, 11) is 0. The van der Waals surface area contributed by atoms with E-state index in [-0.39, 0.29) is 16.6 Å². The van der Waals surface area contributed by atoms with E-state index in [1.807, 2.05) is 12.3 Å². The number of rotatable bonds is 6.